The number of unbranched alkanes of at least 4 members (excludes halogenated alkanes) is 16. The molecule has 216 valence electrons. The molecule has 4 nitrogen and oxygen atoms in total. The molecule has 2 unspecified atom stereocenters. The Labute approximate surface area is 230 Å². The summed E-state index contributed by atoms with van der Waals surface area (Å²) in [6, 6.07) is -0.642. The fraction of sp³-hybridized carbons (Fsp3) is 0.788. The van der Waals surface area contributed by atoms with Gasteiger partial charge < -0.3 is 15.5 Å². The van der Waals surface area contributed by atoms with E-state index in [1.807, 2.05) is 6.08 Å². The van der Waals surface area contributed by atoms with Crippen molar-refractivity contribution in [2.24, 2.45) is 0 Å². The maximum absolute atomic E-state index is 12.2. The number of aliphatic hydroxyl groups is 2. The quantitative estimate of drug-likeness (QED) is 0.0750. The topological polar surface area (TPSA) is 69.6 Å². The van der Waals surface area contributed by atoms with Crippen LogP contribution in [0.15, 0.2) is 36.5 Å². The number of hydrogen-bond acceptors (Lipinski definition) is 3. The van der Waals surface area contributed by atoms with Gasteiger partial charge in [0.2, 0.25) is 5.91 Å². The zero-order chi connectivity index (χ0) is 27.2. The second-order valence-electron chi connectivity index (χ2n) is 10.5. The van der Waals surface area contributed by atoms with Gasteiger partial charge in [0.1, 0.15) is 0 Å². The van der Waals surface area contributed by atoms with Crippen LogP contribution in [-0.4, -0.2) is 34.9 Å². The maximum atomic E-state index is 12.2. The molecule has 0 aliphatic heterocycles. The van der Waals surface area contributed by atoms with E-state index in [4.69, 9.17) is 0 Å². The van der Waals surface area contributed by atoms with Gasteiger partial charge in [-0.2, -0.15) is 0 Å². The molecule has 0 saturated carbocycles. The van der Waals surface area contributed by atoms with Gasteiger partial charge in [0.15, 0.2) is 0 Å². The molecule has 0 spiro atoms. The van der Waals surface area contributed by atoms with Gasteiger partial charge in [-0.1, -0.05) is 121 Å². The maximum Gasteiger partial charge on any atom is 0.220 e. The van der Waals surface area contributed by atoms with Gasteiger partial charge in [0.25, 0.3) is 0 Å². The molecule has 0 saturated heterocycles. The third-order valence-electron chi connectivity index (χ3n) is 6.85. The SMILES string of the molecule is CCCCCCCC/C=C\CCCCCC(=O)NC(CO)C(O)/C=C/CC/C=C/CCCCCCCC. The first-order chi connectivity index (χ1) is 18.2. The van der Waals surface area contributed by atoms with Crippen molar-refractivity contribution in [3.8, 4) is 0 Å². The third-order valence-corrected chi connectivity index (χ3v) is 6.85. The van der Waals surface area contributed by atoms with Gasteiger partial charge in [-0.3, -0.25) is 4.79 Å². The number of hydrogen-bond donors (Lipinski definition) is 3. The smallest absolute Gasteiger partial charge is 0.220 e. The van der Waals surface area contributed by atoms with E-state index in [1.54, 1.807) is 6.08 Å². The van der Waals surface area contributed by atoms with Crippen LogP contribution in [0.5, 0.6) is 0 Å². The van der Waals surface area contributed by atoms with Crippen molar-refractivity contribution >= 4 is 5.91 Å². The minimum Gasteiger partial charge on any atom is -0.394 e. The molecule has 1 amide bonds. The predicted molar refractivity (Wildman–Crippen MR) is 161 cm³/mol. The van der Waals surface area contributed by atoms with E-state index in [9.17, 15) is 15.0 Å². The Balaban J connectivity index is 3.77. The molecular weight excluding hydrogens is 458 g/mol. The molecule has 0 aliphatic rings. The van der Waals surface area contributed by atoms with Gasteiger partial charge in [-0.25, -0.2) is 0 Å². The molecule has 0 aromatic heterocycles. The van der Waals surface area contributed by atoms with Crippen molar-refractivity contribution in [2.45, 2.75) is 161 Å². The minimum atomic E-state index is -0.863. The predicted octanol–water partition coefficient (Wildman–Crippen LogP) is 8.72. The second kappa shape index (κ2) is 29.2. The van der Waals surface area contributed by atoms with E-state index >= 15 is 0 Å². The van der Waals surface area contributed by atoms with E-state index in [-0.39, 0.29) is 12.5 Å². The summed E-state index contributed by atoms with van der Waals surface area (Å²) < 4.78 is 0. The van der Waals surface area contributed by atoms with Gasteiger partial charge in [-0.05, 0) is 57.8 Å². The van der Waals surface area contributed by atoms with Crippen molar-refractivity contribution in [1.82, 2.24) is 5.32 Å². The fourth-order valence-corrected chi connectivity index (χ4v) is 4.36. The van der Waals surface area contributed by atoms with E-state index < -0.39 is 12.1 Å². The highest BCUT2D eigenvalue weighted by molar-refractivity contribution is 5.76. The largest absolute Gasteiger partial charge is 0.394 e. The van der Waals surface area contributed by atoms with Gasteiger partial charge in [0.05, 0.1) is 18.8 Å². The summed E-state index contributed by atoms with van der Waals surface area (Å²) in [5.41, 5.74) is 0. The highest BCUT2D eigenvalue weighted by atomic mass is 16.3. The molecule has 0 bridgehead atoms. The van der Waals surface area contributed by atoms with E-state index in [2.05, 4.69) is 43.5 Å². The van der Waals surface area contributed by atoms with E-state index in [0.717, 1.165) is 44.9 Å². The average Bonchev–Trinajstić information content (AvgIpc) is 2.90. The minimum absolute atomic E-state index is 0.0947. The van der Waals surface area contributed by atoms with Crippen LogP contribution in [0.25, 0.3) is 0 Å². The lowest BCUT2D eigenvalue weighted by molar-refractivity contribution is -0.123. The molecule has 0 rings (SSSR count). The monoisotopic (exact) mass is 519 g/mol. The molecule has 37 heavy (non-hydrogen) atoms. The standard InChI is InChI=1S/C33H61NO3/c1-3-5-7-9-11-13-15-17-19-21-23-25-27-29-33(37)34-31(30-35)32(36)28-26-24-22-20-18-16-14-12-10-8-6-4-2/h17-20,26,28,31-32,35-36H,3-16,21-25,27,29-30H2,1-2H3,(H,34,37)/b19-17-,20-18+,28-26+. The van der Waals surface area contributed by atoms with Crippen LogP contribution in [0.3, 0.4) is 0 Å². The van der Waals surface area contributed by atoms with Crippen molar-refractivity contribution < 1.29 is 15.0 Å². The highest BCUT2D eigenvalue weighted by Gasteiger charge is 2.17. The Morgan fingerprint density at radius 2 is 1.05 bits per heavy atom. The summed E-state index contributed by atoms with van der Waals surface area (Å²) in [6.45, 7) is 4.23. The lowest BCUT2D eigenvalue weighted by Crippen LogP contribution is -2.45. The lowest BCUT2D eigenvalue weighted by atomic mass is 10.1. The number of amides is 1. The van der Waals surface area contributed by atoms with E-state index in [1.165, 1.54) is 83.5 Å². The average molecular weight is 520 g/mol. The lowest BCUT2D eigenvalue weighted by Gasteiger charge is -2.19. The Hall–Kier alpha value is -1.39. The third kappa shape index (κ3) is 26.0. The summed E-state index contributed by atoms with van der Waals surface area (Å²) in [4.78, 5) is 12.2. The molecule has 0 aromatic carbocycles. The first kappa shape index (κ1) is 35.6. The molecule has 0 aromatic rings. The Bertz CT molecular complexity index is 570. The van der Waals surface area contributed by atoms with Crippen LogP contribution >= 0.6 is 0 Å². The van der Waals surface area contributed by atoms with Crippen LogP contribution in [0.4, 0.5) is 0 Å². The van der Waals surface area contributed by atoms with Crippen LogP contribution in [0.2, 0.25) is 0 Å². The molecule has 0 heterocycles. The van der Waals surface area contributed by atoms with Crippen LogP contribution in [0, 0.1) is 0 Å². The summed E-state index contributed by atoms with van der Waals surface area (Å²) in [6.07, 6.45) is 36.4. The van der Waals surface area contributed by atoms with Gasteiger partial charge in [0, 0.05) is 6.42 Å². The highest BCUT2D eigenvalue weighted by Crippen LogP contribution is 2.10. The van der Waals surface area contributed by atoms with Crippen molar-refractivity contribution in [1.29, 1.82) is 0 Å². The Morgan fingerprint density at radius 1 is 0.622 bits per heavy atom. The van der Waals surface area contributed by atoms with Crippen molar-refractivity contribution in [2.75, 3.05) is 6.61 Å². The van der Waals surface area contributed by atoms with Crippen LogP contribution < -0.4 is 5.32 Å². The molecule has 0 radical (unpaired) electrons. The summed E-state index contributed by atoms with van der Waals surface area (Å²) in [7, 11) is 0. The summed E-state index contributed by atoms with van der Waals surface area (Å²) >= 11 is 0. The molecule has 2 atom stereocenters. The molecule has 4 heteroatoms. The van der Waals surface area contributed by atoms with Gasteiger partial charge in [-0.15, -0.1) is 0 Å². The summed E-state index contributed by atoms with van der Waals surface area (Å²) in [5, 5.41) is 22.7. The number of rotatable bonds is 27. The van der Waals surface area contributed by atoms with Crippen molar-refractivity contribution in [3.63, 3.8) is 0 Å². The molecular formula is C33H61NO3. The fourth-order valence-electron chi connectivity index (χ4n) is 4.36. The number of carbonyl (C=O) groups excluding carboxylic acids is 1. The Morgan fingerprint density at radius 3 is 1.57 bits per heavy atom. The van der Waals surface area contributed by atoms with Gasteiger partial charge >= 0.3 is 0 Å². The first-order valence-electron chi connectivity index (χ1n) is 15.7. The first-order valence-corrected chi connectivity index (χ1v) is 15.7. The Kier molecular flexibility index (Phi) is 28.1. The normalized spacial score (nSPS) is 13.7. The molecule has 0 aliphatic carbocycles. The zero-order valence-electron chi connectivity index (χ0n) is 24.5. The molecule has 0 fully saturated rings. The zero-order valence-corrected chi connectivity index (χ0v) is 24.5. The van der Waals surface area contributed by atoms with E-state index in [0.29, 0.717) is 6.42 Å². The number of nitrogens with one attached hydrogen (secondary N) is 1. The molecule has 3 N–H and O–H groups in total. The second-order valence-corrected chi connectivity index (χ2v) is 10.5. The number of allylic oxidation sites excluding steroid dienone is 5. The van der Waals surface area contributed by atoms with Crippen LogP contribution in [0.1, 0.15) is 149 Å². The number of aliphatic hydroxyl groups excluding tert-OH is 2. The number of carbonyl (C=O) groups is 1. The summed E-state index contributed by atoms with van der Waals surface area (Å²) in [5.74, 6) is -0.0947. The van der Waals surface area contributed by atoms with Crippen LogP contribution in [-0.2, 0) is 4.79 Å². The van der Waals surface area contributed by atoms with Crippen molar-refractivity contribution in [3.05, 3.63) is 36.5 Å².